The van der Waals surface area contributed by atoms with Crippen LogP contribution in [0.15, 0.2) is 48.7 Å². The van der Waals surface area contributed by atoms with E-state index in [9.17, 15) is 5.11 Å². The van der Waals surface area contributed by atoms with E-state index in [-0.39, 0.29) is 5.41 Å². The van der Waals surface area contributed by atoms with Gasteiger partial charge in [0.2, 0.25) is 0 Å². The molecule has 1 aromatic heterocycles. The molecule has 5 rings (SSSR count). The van der Waals surface area contributed by atoms with E-state index in [1.54, 1.807) is 0 Å². The number of rotatable bonds is 1. The lowest BCUT2D eigenvalue weighted by molar-refractivity contribution is -0.0628. The molecule has 28 heavy (non-hydrogen) atoms. The lowest BCUT2D eigenvalue weighted by Gasteiger charge is -2.55. The molecule has 2 atom stereocenters. The van der Waals surface area contributed by atoms with Crippen LogP contribution in [0.1, 0.15) is 45.6 Å². The van der Waals surface area contributed by atoms with Crippen LogP contribution in [0, 0.1) is 0 Å². The van der Waals surface area contributed by atoms with Gasteiger partial charge in [-0.1, -0.05) is 36.7 Å². The smallest absolute Gasteiger partial charge is 0.0964 e. The summed E-state index contributed by atoms with van der Waals surface area (Å²) in [6.45, 7) is 6.40. The van der Waals surface area contributed by atoms with Crippen LogP contribution < -0.4 is 5.32 Å². The van der Waals surface area contributed by atoms with Crippen molar-refractivity contribution < 1.29 is 5.11 Å². The molecule has 2 heterocycles. The highest BCUT2D eigenvalue weighted by Crippen LogP contribution is 2.59. The highest BCUT2D eigenvalue weighted by Gasteiger charge is 2.62. The van der Waals surface area contributed by atoms with Crippen molar-refractivity contribution in [1.29, 1.82) is 0 Å². The first-order valence-corrected chi connectivity index (χ1v) is 10.3. The van der Waals surface area contributed by atoms with Gasteiger partial charge in [0.25, 0.3) is 0 Å². The Morgan fingerprint density at radius 3 is 2.68 bits per heavy atom. The number of hydrogen-bond donors (Lipinski definition) is 2. The van der Waals surface area contributed by atoms with Crippen molar-refractivity contribution in [1.82, 2.24) is 4.98 Å². The zero-order valence-electron chi connectivity index (χ0n) is 16.5. The molecule has 2 aliphatic rings. The van der Waals surface area contributed by atoms with E-state index >= 15 is 0 Å². The number of pyridine rings is 1. The molecule has 0 amide bonds. The predicted octanol–water partition coefficient (Wildman–Crippen LogP) is 5.93. The van der Waals surface area contributed by atoms with Crippen molar-refractivity contribution >= 4 is 28.2 Å². The van der Waals surface area contributed by atoms with Gasteiger partial charge in [-0.3, -0.25) is 4.98 Å². The van der Waals surface area contributed by atoms with Crippen molar-refractivity contribution in [2.45, 2.75) is 56.6 Å². The Hall–Kier alpha value is -2.10. The molecule has 1 saturated carbocycles. The van der Waals surface area contributed by atoms with Gasteiger partial charge in [0.15, 0.2) is 0 Å². The molecule has 0 saturated heterocycles. The van der Waals surface area contributed by atoms with E-state index in [4.69, 9.17) is 11.6 Å². The van der Waals surface area contributed by atoms with Crippen LogP contribution in [0.4, 0.5) is 5.69 Å². The summed E-state index contributed by atoms with van der Waals surface area (Å²) in [6.07, 6.45) is 4.61. The normalized spacial score (nSPS) is 27.9. The van der Waals surface area contributed by atoms with Crippen molar-refractivity contribution in [2.24, 2.45) is 0 Å². The molecular weight excluding hydrogens is 368 g/mol. The number of hydrogen-bond acceptors (Lipinski definition) is 3. The zero-order chi connectivity index (χ0) is 19.7. The maximum atomic E-state index is 11.7. The van der Waals surface area contributed by atoms with E-state index < -0.39 is 11.1 Å². The molecule has 2 unspecified atom stereocenters. The Morgan fingerprint density at radius 1 is 1.04 bits per heavy atom. The molecule has 3 aromatic rings. The van der Waals surface area contributed by atoms with Crippen LogP contribution in [0.3, 0.4) is 0 Å². The summed E-state index contributed by atoms with van der Waals surface area (Å²) in [6, 6.07) is 14.4. The maximum absolute atomic E-state index is 11.7. The largest absolute Gasteiger partial charge is 0.387 e. The number of halogens is 1. The number of nitrogens with zero attached hydrogens (tertiary/aromatic N) is 1. The lowest BCUT2D eigenvalue weighted by atomic mass is 9.60. The van der Waals surface area contributed by atoms with Crippen LogP contribution in [0.25, 0.3) is 22.0 Å². The van der Waals surface area contributed by atoms with Gasteiger partial charge in [0.05, 0.1) is 21.7 Å². The molecule has 4 heteroatoms. The molecule has 3 nitrogen and oxygen atoms in total. The van der Waals surface area contributed by atoms with E-state index in [0.717, 1.165) is 52.5 Å². The Morgan fingerprint density at radius 2 is 1.86 bits per heavy atom. The molecule has 0 bridgehead atoms. The Labute approximate surface area is 170 Å². The van der Waals surface area contributed by atoms with Gasteiger partial charge in [-0.05, 0) is 68.5 Å². The highest BCUT2D eigenvalue weighted by atomic mass is 35.5. The summed E-state index contributed by atoms with van der Waals surface area (Å²) < 4.78 is 0. The highest BCUT2D eigenvalue weighted by molar-refractivity contribution is 6.34. The molecule has 0 spiro atoms. The second-order valence-electron chi connectivity index (χ2n) is 9.05. The molecule has 1 aliphatic heterocycles. The minimum atomic E-state index is -0.793. The Bertz CT molecular complexity index is 1100. The molecule has 1 fully saturated rings. The minimum Gasteiger partial charge on any atom is -0.387 e. The average molecular weight is 393 g/mol. The summed E-state index contributed by atoms with van der Waals surface area (Å²) in [5.41, 5.74) is 3.70. The third-order valence-corrected chi connectivity index (χ3v) is 7.56. The topological polar surface area (TPSA) is 45.2 Å². The molecular formula is C24H25ClN2O. The van der Waals surface area contributed by atoms with Crippen LogP contribution in [0.5, 0.6) is 0 Å². The summed E-state index contributed by atoms with van der Waals surface area (Å²) in [7, 11) is 0. The van der Waals surface area contributed by atoms with Crippen LogP contribution >= 0.6 is 11.6 Å². The van der Waals surface area contributed by atoms with E-state index in [1.807, 2.05) is 30.5 Å². The number of aromatic nitrogens is 1. The van der Waals surface area contributed by atoms with Gasteiger partial charge < -0.3 is 10.4 Å². The minimum absolute atomic E-state index is 0.306. The van der Waals surface area contributed by atoms with Crippen molar-refractivity contribution in [3.05, 3.63) is 59.2 Å². The van der Waals surface area contributed by atoms with Crippen LogP contribution in [0.2, 0.25) is 5.02 Å². The first-order chi connectivity index (χ1) is 13.3. The Balaban J connectivity index is 1.78. The number of fused-ring (bicyclic) bond motifs is 4. The fraction of sp³-hybridized carbons (Fsp3) is 0.375. The van der Waals surface area contributed by atoms with Gasteiger partial charge >= 0.3 is 0 Å². The first kappa shape index (κ1) is 18.0. The SMILES string of the molecule is CC1(C)Nc2cc(Cl)c(-c3cccc4ncccc34)cc2C2(C)CCCC12O. The number of benzene rings is 2. The number of nitrogens with one attached hydrogen (secondary N) is 1. The van der Waals surface area contributed by atoms with Gasteiger partial charge in [0.1, 0.15) is 0 Å². The molecule has 2 aromatic carbocycles. The van der Waals surface area contributed by atoms with Crippen molar-refractivity contribution in [3.8, 4) is 11.1 Å². The van der Waals surface area contributed by atoms with Gasteiger partial charge in [0, 0.05) is 28.2 Å². The summed E-state index contributed by atoms with van der Waals surface area (Å²) >= 11 is 6.79. The number of aliphatic hydroxyl groups is 1. The van der Waals surface area contributed by atoms with Crippen molar-refractivity contribution in [2.75, 3.05) is 5.32 Å². The summed E-state index contributed by atoms with van der Waals surface area (Å²) in [4.78, 5) is 4.49. The van der Waals surface area contributed by atoms with Gasteiger partial charge in [-0.25, -0.2) is 0 Å². The van der Waals surface area contributed by atoms with E-state index in [2.05, 4.69) is 49.3 Å². The molecule has 144 valence electrons. The fourth-order valence-electron chi connectivity index (χ4n) is 5.66. The molecule has 1 aliphatic carbocycles. The second kappa shape index (κ2) is 5.71. The third-order valence-electron chi connectivity index (χ3n) is 7.25. The summed E-state index contributed by atoms with van der Waals surface area (Å²) in [5.74, 6) is 0. The molecule has 2 N–H and O–H groups in total. The fourth-order valence-corrected chi connectivity index (χ4v) is 5.92. The maximum Gasteiger partial charge on any atom is 0.0964 e. The van der Waals surface area contributed by atoms with E-state index in [0.29, 0.717) is 5.02 Å². The lowest BCUT2D eigenvalue weighted by Crippen LogP contribution is -2.65. The first-order valence-electron chi connectivity index (χ1n) is 9.96. The van der Waals surface area contributed by atoms with Crippen LogP contribution in [-0.4, -0.2) is 21.2 Å². The third kappa shape index (κ3) is 2.18. The van der Waals surface area contributed by atoms with Gasteiger partial charge in [-0.15, -0.1) is 0 Å². The van der Waals surface area contributed by atoms with Gasteiger partial charge in [-0.2, -0.15) is 0 Å². The molecule has 0 radical (unpaired) electrons. The standard InChI is InChI=1S/C24H25ClN2O/c1-22(2)24(28)11-6-10-23(24,3)18-13-17(19(25)14-21(18)27-22)15-7-4-9-20-16(15)8-5-12-26-20/h4-5,7-9,12-14,27-28H,6,10-11H2,1-3H3. The predicted molar refractivity (Wildman–Crippen MR) is 116 cm³/mol. The van der Waals surface area contributed by atoms with Crippen molar-refractivity contribution in [3.63, 3.8) is 0 Å². The average Bonchev–Trinajstić information content (AvgIpc) is 2.98. The number of anilines is 1. The van der Waals surface area contributed by atoms with Crippen LogP contribution in [-0.2, 0) is 5.41 Å². The Kier molecular flexibility index (Phi) is 3.66. The quantitative estimate of drug-likeness (QED) is 0.539. The summed E-state index contributed by atoms with van der Waals surface area (Å²) in [5, 5.41) is 17.1. The zero-order valence-corrected chi connectivity index (χ0v) is 17.3. The second-order valence-corrected chi connectivity index (χ2v) is 9.46. The monoisotopic (exact) mass is 392 g/mol. The van der Waals surface area contributed by atoms with E-state index in [1.165, 1.54) is 0 Å².